The molecular weight excluding hydrogens is 405 g/mol. The van der Waals surface area contributed by atoms with Crippen molar-refractivity contribution in [1.82, 2.24) is 14.5 Å². The number of nitrogens with zero attached hydrogens (tertiary/aromatic N) is 3. The molecule has 29 heavy (non-hydrogen) atoms. The molecule has 0 fully saturated rings. The van der Waals surface area contributed by atoms with Crippen LogP contribution in [-0.4, -0.2) is 26.9 Å². The summed E-state index contributed by atoms with van der Waals surface area (Å²) in [6, 6.07) is 13.1. The highest BCUT2D eigenvalue weighted by molar-refractivity contribution is 6.35. The predicted molar refractivity (Wildman–Crippen MR) is 121 cm³/mol. The normalized spacial score (nSPS) is 11.2. The van der Waals surface area contributed by atoms with Crippen LogP contribution in [0.15, 0.2) is 42.5 Å². The molecule has 1 heterocycles. The van der Waals surface area contributed by atoms with Gasteiger partial charge in [-0.1, -0.05) is 62.0 Å². The number of amides is 1. The van der Waals surface area contributed by atoms with Gasteiger partial charge in [0.1, 0.15) is 5.82 Å². The van der Waals surface area contributed by atoms with E-state index in [1.54, 1.807) is 18.2 Å². The van der Waals surface area contributed by atoms with Crippen LogP contribution in [0.2, 0.25) is 10.0 Å². The van der Waals surface area contributed by atoms with Crippen molar-refractivity contribution in [1.29, 1.82) is 0 Å². The number of para-hydroxylation sites is 2. The number of carbonyl (C=O) groups excluding carboxylic acids is 1. The fraction of sp³-hybridized carbons (Fsp3) is 0.391. The van der Waals surface area contributed by atoms with Crippen LogP contribution < -0.4 is 0 Å². The van der Waals surface area contributed by atoms with Gasteiger partial charge in [-0.05, 0) is 43.2 Å². The molecule has 6 heteroatoms. The summed E-state index contributed by atoms with van der Waals surface area (Å²) >= 11 is 12.4. The molecule has 0 atom stereocenters. The van der Waals surface area contributed by atoms with E-state index >= 15 is 0 Å². The van der Waals surface area contributed by atoms with E-state index in [2.05, 4.69) is 24.5 Å². The first kappa shape index (κ1) is 21.7. The van der Waals surface area contributed by atoms with E-state index in [0.717, 1.165) is 49.1 Å². The van der Waals surface area contributed by atoms with Crippen LogP contribution >= 0.6 is 23.2 Å². The van der Waals surface area contributed by atoms with Crippen molar-refractivity contribution in [3.05, 3.63) is 63.9 Å². The number of hydrogen-bond donors (Lipinski definition) is 0. The fourth-order valence-corrected chi connectivity index (χ4v) is 3.90. The fourth-order valence-electron chi connectivity index (χ4n) is 3.53. The summed E-state index contributed by atoms with van der Waals surface area (Å²) in [6.07, 6.45) is 4.10. The van der Waals surface area contributed by atoms with Crippen molar-refractivity contribution in [3.8, 4) is 0 Å². The van der Waals surface area contributed by atoms with Gasteiger partial charge in [-0.3, -0.25) is 4.79 Å². The zero-order valence-corrected chi connectivity index (χ0v) is 18.5. The summed E-state index contributed by atoms with van der Waals surface area (Å²) in [5.41, 5.74) is 2.50. The number of unbranched alkanes of at least 4 members (excludes halogenated alkanes) is 2. The molecule has 4 nitrogen and oxygen atoms in total. The number of benzene rings is 2. The van der Waals surface area contributed by atoms with Crippen molar-refractivity contribution in [2.75, 3.05) is 6.54 Å². The summed E-state index contributed by atoms with van der Waals surface area (Å²) in [5.74, 6) is 0.791. The van der Waals surface area contributed by atoms with Gasteiger partial charge in [-0.2, -0.15) is 0 Å². The van der Waals surface area contributed by atoms with E-state index in [-0.39, 0.29) is 5.91 Å². The van der Waals surface area contributed by atoms with Gasteiger partial charge in [0.15, 0.2) is 0 Å². The molecule has 0 radical (unpaired) electrons. The van der Waals surface area contributed by atoms with E-state index < -0.39 is 0 Å². The minimum Gasteiger partial charge on any atom is -0.331 e. The summed E-state index contributed by atoms with van der Waals surface area (Å²) in [6.45, 7) is 6.27. The number of fused-ring (bicyclic) bond motifs is 1. The molecule has 0 spiro atoms. The van der Waals surface area contributed by atoms with Gasteiger partial charge in [0.05, 0.1) is 28.2 Å². The second kappa shape index (κ2) is 10.1. The molecule has 1 amide bonds. The maximum atomic E-state index is 13.3. The Hall–Kier alpha value is -2.04. The van der Waals surface area contributed by atoms with Crippen molar-refractivity contribution in [2.45, 2.75) is 52.6 Å². The Bertz CT molecular complexity index is 983. The lowest BCUT2D eigenvalue weighted by Crippen LogP contribution is -2.33. The van der Waals surface area contributed by atoms with Crippen LogP contribution in [0.1, 0.15) is 55.7 Å². The average Bonchev–Trinajstić information content (AvgIpc) is 3.06. The lowest BCUT2D eigenvalue weighted by Gasteiger charge is -2.23. The molecule has 0 aliphatic heterocycles. The lowest BCUT2D eigenvalue weighted by atomic mass is 10.1. The van der Waals surface area contributed by atoms with Crippen molar-refractivity contribution >= 4 is 40.1 Å². The molecule has 0 saturated carbocycles. The smallest absolute Gasteiger partial charge is 0.255 e. The highest BCUT2D eigenvalue weighted by atomic mass is 35.5. The van der Waals surface area contributed by atoms with Gasteiger partial charge < -0.3 is 9.47 Å². The Morgan fingerprint density at radius 2 is 1.86 bits per heavy atom. The second-order valence-corrected chi connectivity index (χ2v) is 8.07. The van der Waals surface area contributed by atoms with Gasteiger partial charge in [0, 0.05) is 18.1 Å². The van der Waals surface area contributed by atoms with E-state index in [9.17, 15) is 4.79 Å². The first-order valence-electron chi connectivity index (χ1n) is 10.2. The summed E-state index contributed by atoms with van der Waals surface area (Å²) in [7, 11) is 0. The van der Waals surface area contributed by atoms with Crippen LogP contribution in [0, 0.1) is 0 Å². The number of imidazole rings is 1. The van der Waals surface area contributed by atoms with Crippen LogP contribution in [0.3, 0.4) is 0 Å². The van der Waals surface area contributed by atoms with Crippen molar-refractivity contribution < 1.29 is 4.79 Å². The first-order valence-corrected chi connectivity index (χ1v) is 11.0. The quantitative estimate of drug-likeness (QED) is 0.358. The molecule has 0 unspecified atom stereocenters. The molecule has 3 aromatic rings. The largest absolute Gasteiger partial charge is 0.331 e. The number of aromatic nitrogens is 2. The monoisotopic (exact) mass is 431 g/mol. The SMILES string of the molecule is CCCCCN(Cc1nc2ccccc2n1CCC)C(=O)c1cc(Cl)ccc1Cl. The van der Waals surface area contributed by atoms with Crippen molar-refractivity contribution in [2.24, 2.45) is 0 Å². The Morgan fingerprint density at radius 3 is 2.62 bits per heavy atom. The Labute approximate surface area is 182 Å². The van der Waals surface area contributed by atoms with E-state index in [0.29, 0.717) is 28.7 Å². The standard InChI is InChI=1S/C23H27Cl2N3O/c1-3-5-8-14-27(23(29)18-15-17(24)11-12-19(18)25)16-22-26-20-9-6-7-10-21(20)28(22)13-4-2/h6-7,9-12,15H,3-5,8,13-14,16H2,1-2H3. The molecule has 0 saturated heterocycles. The summed E-state index contributed by atoms with van der Waals surface area (Å²) in [5, 5.41) is 0.923. The number of hydrogen-bond acceptors (Lipinski definition) is 2. The number of aryl methyl sites for hydroxylation is 1. The van der Waals surface area contributed by atoms with E-state index in [1.165, 1.54) is 0 Å². The molecule has 3 rings (SSSR count). The Morgan fingerprint density at radius 1 is 1.07 bits per heavy atom. The summed E-state index contributed by atoms with van der Waals surface area (Å²) < 4.78 is 2.22. The Kier molecular flexibility index (Phi) is 7.57. The number of carbonyl (C=O) groups is 1. The minimum absolute atomic E-state index is 0.108. The maximum absolute atomic E-state index is 13.3. The third-order valence-corrected chi connectivity index (χ3v) is 5.56. The van der Waals surface area contributed by atoms with Crippen LogP contribution in [-0.2, 0) is 13.1 Å². The minimum atomic E-state index is -0.108. The number of halogens is 2. The van der Waals surface area contributed by atoms with Gasteiger partial charge in [-0.25, -0.2) is 4.98 Å². The maximum Gasteiger partial charge on any atom is 0.255 e. The molecule has 0 N–H and O–H groups in total. The van der Waals surface area contributed by atoms with Gasteiger partial charge in [-0.15, -0.1) is 0 Å². The molecule has 2 aromatic carbocycles. The molecular formula is C23H27Cl2N3O. The van der Waals surface area contributed by atoms with Gasteiger partial charge in [0.2, 0.25) is 0 Å². The number of rotatable bonds is 9. The molecule has 0 aliphatic carbocycles. The van der Waals surface area contributed by atoms with Gasteiger partial charge in [0.25, 0.3) is 5.91 Å². The van der Waals surface area contributed by atoms with Crippen LogP contribution in [0.25, 0.3) is 11.0 Å². The van der Waals surface area contributed by atoms with Crippen LogP contribution in [0.4, 0.5) is 0 Å². The molecule has 0 aliphatic rings. The highest BCUT2D eigenvalue weighted by Gasteiger charge is 2.22. The highest BCUT2D eigenvalue weighted by Crippen LogP contribution is 2.24. The molecule has 154 valence electrons. The first-order chi connectivity index (χ1) is 14.0. The molecule has 1 aromatic heterocycles. The van der Waals surface area contributed by atoms with Crippen molar-refractivity contribution in [3.63, 3.8) is 0 Å². The second-order valence-electron chi connectivity index (χ2n) is 7.23. The molecule has 0 bridgehead atoms. The summed E-state index contributed by atoms with van der Waals surface area (Å²) in [4.78, 5) is 20.0. The lowest BCUT2D eigenvalue weighted by molar-refractivity contribution is 0.0734. The third kappa shape index (κ3) is 5.12. The predicted octanol–water partition coefficient (Wildman–Crippen LogP) is 6.59. The Balaban J connectivity index is 1.95. The topological polar surface area (TPSA) is 38.1 Å². The van der Waals surface area contributed by atoms with E-state index in [4.69, 9.17) is 28.2 Å². The van der Waals surface area contributed by atoms with Crippen LogP contribution in [0.5, 0.6) is 0 Å². The zero-order valence-electron chi connectivity index (χ0n) is 17.0. The van der Waals surface area contributed by atoms with E-state index in [1.807, 2.05) is 23.1 Å². The van der Waals surface area contributed by atoms with Gasteiger partial charge >= 0.3 is 0 Å². The average molecular weight is 432 g/mol. The third-order valence-electron chi connectivity index (χ3n) is 4.99. The zero-order chi connectivity index (χ0) is 20.8.